The minimum absolute atomic E-state index is 0.359. The Morgan fingerprint density at radius 3 is 2.73 bits per heavy atom. The molecule has 0 saturated heterocycles. The average molecular weight is 207 g/mol. The van der Waals surface area contributed by atoms with Gasteiger partial charge >= 0.3 is 11.8 Å². The van der Waals surface area contributed by atoms with E-state index in [9.17, 15) is 9.59 Å². The first-order chi connectivity index (χ1) is 7.09. The number of nitrogens with zero attached hydrogens (tertiary/aromatic N) is 1. The summed E-state index contributed by atoms with van der Waals surface area (Å²) in [6, 6.07) is 3.82. The number of aromatic nitrogens is 1. The Labute approximate surface area is 87.7 Å². The van der Waals surface area contributed by atoms with E-state index >= 15 is 0 Å². The Balaban J connectivity index is 2.35. The van der Waals surface area contributed by atoms with Crippen LogP contribution < -0.4 is 11.1 Å². The fraction of sp³-hybridized carbons (Fsp3) is 0.300. The van der Waals surface area contributed by atoms with E-state index in [0.717, 1.165) is 11.3 Å². The molecule has 80 valence electrons. The number of rotatable bonds is 3. The highest BCUT2D eigenvalue weighted by molar-refractivity contribution is 6.34. The Morgan fingerprint density at radius 2 is 2.20 bits per heavy atom. The minimum Gasteiger partial charge on any atom is -0.361 e. The van der Waals surface area contributed by atoms with Crippen molar-refractivity contribution < 1.29 is 9.59 Å². The number of pyridine rings is 1. The van der Waals surface area contributed by atoms with Gasteiger partial charge in [0.05, 0.1) is 0 Å². The van der Waals surface area contributed by atoms with Gasteiger partial charge in [0.15, 0.2) is 0 Å². The molecule has 5 nitrogen and oxygen atoms in total. The zero-order chi connectivity index (χ0) is 11.3. The predicted molar refractivity (Wildman–Crippen MR) is 54.9 cm³/mol. The number of nitrogens with one attached hydrogen (secondary N) is 1. The van der Waals surface area contributed by atoms with E-state index in [0.29, 0.717) is 13.0 Å². The number of hydrogen-bond acceptors (Lipinski definition) is 3. The van der Waals surface area contributed by atoms with Gasteiger partial charge in [-0.2, -0.15) is 0 Å². The van der Waals surface area contributed by atoms with Crippen LogP contribution in [0, 0.1) is 6.92 Å². The average Bonchev–Trinajstić information content (AvgIpc) is 2.20. The molecule has 0 atom stereocenters. The fourth-order valence-corrected chi connectivity index (χ4v) is 1.04. The number of carbonyl (C=O) groups is 2. The van der Waals surface area contributed by atoms with Gasteiger partial charge in [-0.05, 0) is 18.6 Å². The lowest BCUT2D eigenvalue weighted by atomic mass is 10.2. The molecule has 0 radical (unpaired) electrons. The predicted octanol–water partition coefficient (Wildman–Crippen LogP) is -0.466. The van der Waals surface area contributed by atoms with Crippen LogP contribution in [0.5, 0.6) is 0 Å². The Morgan fingerprint density at radius 1 is 1.47 bits per heavy atom. The van der Waals surface area contributed by atoms with Crippen LogP contribution >= 0.6 is 0 Å². The van der Waals surface area contributed by atoms with Crippen LogP contribution in [0.1, 0.15) is 11.3 Å². The molecule has 5 heteroatoms. The van der Waals surface area contributed by atoms with Gasteiger partial charge in [-0.25, -0.2) is 0 Å². The van der Waals surface area contributed by atoms with E-state index < -0.39 is 11.8 Å². The summed E-state index contributed by atoms with van der Waals surface area (Å²) in [5, 5.41) is 2.39. The Kier molecular flexibility index (Phi) is 3.79. The van der Waals surface area contributed by atoms with Crippen molar-refractivity contribution in [2.45, 2.75) is 13.3 Å². The molecule has 1 heterocycles. The molecule has 1 aromatic heterocycles. The van der Waals surface area contributed by atoms with E-state index in [4.69, 9.17) is 5.73 Å². The van der Waals surface area contributed by atoms with Crippen LogP contribution in [0.2, 0.25) is 0 Å². The van der Waals surface area contributed by atoms with Gasteiger partial charge in [0.2, 0.25) is 0 Å². The molecule has 0 aliphatic rings. The van der Waals surface area contributed by atoms with Gasteiger partial charge in [-0.15, -0.1) is 0 Å². The van der Waals surface area contributed by atoms with Gasteiger partial charge < -0.3 is 11.1 Å². The van der Waals surface area contributed by atoms with Crippen molar-refractivity contribution in [3.05, 3.63) is 29.6 Å². The summed E-state index contributed by atoms with van der Waals surface area (Å²) < 4.78 is 0. The third-order valence-electron chi connectivity index (χ3n) is 1.86. The molecule has 1 rings (SSSR count). The third kappa shape index (κ3) is 3.76. The molecular weight excluding hydrogens is 194 g/mol. The second-order valence-corrected chi connectivity index (χ2v) is 3.20. The number of nitrogens with two attached hydrogens (primary N) is 1. The first-order valence-electron chi connectivity index (χ1n) is 4.59. The van der Waals surface area contributed by atoms with E-state index in [-0.39, 0.29) is 0 Å². The lowest BCUT2D eigenvalue weighted by molar-refractivity contribution is -0.137. The van der Waals surface area contributed by atoms with Crippen molar-refractivity contribution in [3.8, 4) is 0 Å². The second kappa shape index (κ2) is 5.09. The van der Waals surface area contributed by atoms with Gasteiger partial charge in [0.25, 0.3) is 0 Å². The zero-order valence-electron chi connectivity index (χ0n) is 8.49. The van der Waals surface area contributed by atoms with Crippen LogP contribution in [-0.2, 0) is 16.0 Å². The maximum atomic E-state index is 10.8. The highest BCUT2D eigenvalue weighted by Gasteiger charge is 2.06. The van der Waals surface area contributed by atoms with Crippen molar-refractivity contribution in [2.75, 3.05) is 6.54 Å². The van der Waals surface area contributed by atoms with Gasteiger partial charge in [-0.3, -0.25) is 14.6 Å². The molecule has 0 bridgehead atoms. The summed E-state index contributed by atoms with van der Waals surface area (Å²) in [6.07, 6.45) is 2.34. The summed E-state index contributed by atoms with van der Waals surface area (Å²) >= 11 is 0. The summed E-state index contributed by atoms with van der Waals surface area (Å²) in [6.45, 7) is 2.31. The van der Waals surface area contributed by atoms with Crippen LogP contribution in [0.3, 0.4) is 0 Å². The van der Waals surface area contributed by atoms with E-state index in [1.807, 2.05) is 19.1 Å². The molecule has 0 unspecified atom stereocenters. The number of amides is 2. The first kappa shape index (κ1) is 11.2. The second-order valence-electron chi connectivity index (χ2n) is 3.20. The van der Waals surface area contributed by atoms with E-state index in [2.05, 4.69) is 10.3 Å². The summed E-state index contributed by atoms with van der Waals surface area (Å²) in [7, 11) is 0. The van der Waals surface area contributed by atoms with Crippen molar-refractivity contribution in [2.24, 2.45) is 5.73 Å². The SMILES string of the molecule is Cc1ccc(CCNC(=O)C(N)=O)nc1. The monoisotopic (exact) mass is 207 g/mol. The highest BCUT2D eigenvalue weighted by atomic mass is 16.2. The maximum Gasteiger partial charge on any atom is 0.309 e. The standard InChI is InChI=1S/C10H13N3O2/c1-7-2-3-8(13-6-7)4-5-12-10(15)9(11)14/h2-3,6H,4-5H2,1H3,(H2,11,14)(H,12,15). The molecule has 1 aromatic rings. The molecule has 0 fully saturated rings. The van der Waals surface area contributed by atoms with E-state index in [1.54, 1.807) is 6.20 Å². The Bertz CT molecular complexity index is 359. The molecule has 0 aliphatic carbocycles. The Hall–Kier alpha value is -1.91. The largest absolute Gasteiger partial charge is 0.361 e. The topological polar surface area (TPSA) is 85.1 Å². The zero-order valence-corrected chi connectivity index (χ0v) is 8.49. The number of primary amides is 1. The van der Waals surface area contributed by atoms with Gasteiger partial charge in [0, 0.05) is 24.9 Å². The fourth-order valence-electron chi connectivity index (χ4n) is 1.04. The van der Waals surface area contributed by atoms with Crippen molar-refractivity contribution in [3.63, 3.8) is 0 Å². The summed E-state index contributed by atoms with van der Waals surface area (Å²) in [5.41, 5.74) is 6.72. The van der Waals surface area contributed by atoms with Crippen LogP contribution in [0.4, 0.5) is 0 Å². The smallest absolute Gasteiger partial charge is 0.309 e. The molecule has 3 N–H and O–H groups in total. The third-order valence-corrected chi connectivity index (χ3v) is 1.86. The van der Waals surface area contributed by atoms with E-state index in [1.165, 1.54) is 0 Å². The lowest BCUT2D eigenvalue weighted by Gasteiger charge is -2.02. The molecule has 0 aliphatic heterocycles. The van der Waals surface area contributed by atoms with Gasteiger partial charge in [-0.1, -0.05) is 6.07 Å². The maximum absolute atomic E-state index is 10.8. The van der Waals surface area contributed by atoms with Crippen LogP contribution in [0.25, 0.3) is 0 Å². The molecule has 0 saturated carbocycles. The first-order valence-corrected chi connectivity index (χ1v) is 4.59. The number of carbonyl (C=O) groups excluding carboxylic acids is 2. The van der Waals surface area contributed by atoms with Crippen molar-refractivity contribution in [1.82, 2.24) is 10.3 Å². The normalized spacial score (nSPS) is 9.67. The van der Waals surface area contributed by atoms with Crippen molar-refractivity contribution in [1.29, 1.82) is 0 Å². The molecule has 15 heavy (non-hydrogen) atoms. The minimum atomic E-state index is -0.966. The summed E-state index contributed by atoms with van der Waals surface area (Å²) in [4.78, 5) is 25.3. The van der Waals surface area contributed by atoms with Crippen molar-refractivity contribution >= 4 is 11.8 Å². The van der Waals surface area contributed by atoms with Crippen LogP contribution in [0.15, 0.2) is 18.3 Å². The lowest BCUT2D eigenvalue weighted by Crippen LogP contribution is -2.37. The summed E-state index contributed by atoms with van der Waals surface area (Å²) in [5.74, 6) is -1.73. The molecule has 0 spiro atoms. The molecule has 2 amide bonds. The molecule has 0 aromatic carbocycles. The number of aryl methyl sites for hydroxylation is 1. The quantitative estimate of drug-likeness (QED) is 0.657. The molecular formula is C10H13N3O2. The number of hydrogen-bond donors (Lipinski definition) is 2. The van der Waals surface area contributed by atoms with Crippen LogP contribution in [-0.4, -0.2) is 23.3 Å². The van der Waals surface area contributed by atoms with Gasteiger partial charge in [0.1, 0.15) is 0 Å². The highest BCUT2D eigenvalue weighted by Crippen LogP contribution is 1.98.